The highest BCUT2D eigenvalue weighted by atomic mass is 32.2. The summed E-state index contributed by atoms with van der Waals surface area (Å²) in [7, 11) is 0. The van der Waals surface area contributed by atoms with Crippen LogP contribution in [0.5, 0.6) is 11.5 Å². The summed E-state index contributed by atoms with van der Waals surface area (Å²) in [6.07, 6.45) is 6.41. The fourth-order valence-electron chi connectivity index (χ4n) is 10.1. The topological polar surface area (TPSA) is 292 Å². The van der Waals surface area contributed by atoms with E-state index in [1.165, 1.54) is 0 Å². The Labute approximate surface area is 539 Å². The second kappa shape index (κ2) is 34.7. The average molecular weight is 1290 g/mol. The molecular formula is C69H78N2O18S2. The van der Waals surface area contributed by atoms with Gasteiger partial charge in [-0.25, -0.2) is 9.59 Å². The van der Waals surface area contributed by atoms with Crippen molar-refractivity contribution in [1.29, 1.82) is 10.5 Å². The number of Topliss-reactive ketones (excluding diaryl/α,β-unsaturated/α-hetero) is 2. The second-order valence-corrected chi connectivity index (χ2v) is 26.6. The minimum absolute atomic E-state index is 0.00223. The highest BCUT2D eigenvalue weighted by Crippen LogP contribution is 2.60. The van der Waals surface area contributed by atoms with Gasteiger partial charge in [-0.2, -0.15) is 10.5 Å². The third kappa shape index (κ3) is 23.1. The Balaban J connectivity index is 0.906. The van der Waals surface area contributed by atoms with Gasteiger partial charge in [0, 0.05) is 60.5 Å². The fraction of sp³-hybridized carbons (Fsp3) is 0.478. The van der Waals surface area contributed by atoms with Gasteiger partial charge in [-0.15, -0.1) is 0 Å². The van der Waals surface area contributed by atoms with Gasteiger partial charge in [0.25, 0.3) is 0 Å². The number of hydrogen-bond donors (Lipinski definition) is 0. The van der Waals surface area contributed by atoms with Crippen molar-refractivity contribution in [3.8, 4) is 23.6 Å². The molecule has 0 aromatic heterocycles. The number of aryl methyl sites for hydroxylation is 1. The van der Waals surface area contributed by atoms with E-state index >= 15 is 0 Å². The lowest BCUT2D eigenvalue weighted by atomic mass is 9.79. The predicted octanol–water partition coefficient (Wildman–Crippen LogP) is 10.8. The molecule has 3 aromatic carbocycles. The number of ketones is 2. The Morgan fingerprint density at radius 2 is 0.857 bits per heavy atom. The number of nitriles is 2. The zero-order valence-electron chi connectivity index (χ0n) is 52.2. The van der Waals surface area contributed by atoms with Gasteiger partial charge >= 0.3 is 47.8 Å². The molecule has 1 heterocycles. The lowest BCUT2D eigenvalue weighted by molar-refractivity contribution is -0.154. The number of ether oxygens (including phenoxy) is 8. The molecule has 22 heteroatoms. The first kappa shape index (κ1) is 71.7. The minimum Gasteiger partial charge on any atom is -0.465 e. The average Bonchev–Trinajstić information content (AvgIpc) is 1.78. The summed E-state index contributed by atoms with van der Waals surface area (Å²) in [6.45, 7) is 15.7. The maximum absolute atomic E-state index is 13.9. The molecule has 484 valence electrons. The van der Waals surface area contributed by atoms with Crippen LogP contribution in [-0.2, 0) is 102 Å². The van der Waals surface area contributed by atoms with Gasteiger partial charge in [-0.3, -0.25) is 38.4 Å². The number of benzene rings is 3. The first-order chi connectivity index (χ1) is 43.4. The fourth-order valence-corrected chi connectivity index (χ4v) is 12.7. The second-order valence-electron chi connectivity index (χ2n) is 24.3. The van der Waals surface area contributed by atoms with Gasteiger partial charge in [0.2, 0.25) is 0 Å². The summed E-state index contributed by atoms with van der Waals surface area (Å²) in [5, 5.41) is 19.6. The molecule has 0 unspecified atom stereocenters. The minimum atomic E-state index is -0.623. The summed E-state index contributed by atoms with van der Waals surface area (Å²) >= 11 is 2.18. The molecule has 0 bridgehead atoms. The van der Waals surface area contributed by atoms with Gasteiger partial charge in [0.05, 0.1) is 91.2 Å². The molecule has 91 heavy (non-hydrogen) atoms. The van der Waals surface area contributed by atoms with Crippen molar-refractivity contribution in [2.24, 2.45) is 34.5 Å². The van der Waals surface area contributed by atoms with Crippen molar-refractivity contribution in [2.45, 2.75) is 147 Å². The molecule has 0 amide bonds. The number of fused-ring (bicyclic) bond motifs is 1. The number of carbonyl (C=O) groups is 10. The van der Waals surface area contributed by atoms with Crippen molar-refractivity contribution >= 4 is 82.8 Å². The lowest BCUT2D eigenvalue weighted by Gasteiger charge is -2.27. The van der Waals surface area contributed by atoms with Gasteiger partial charge in [-0.05, 0) is 92.2 Å². The molecule has 0 N–H and O–H groups in total. The Morgan fingerprint density at radius 3 is 1.25 bits per heavy atom. The Bertz CT molecular complexity index is 3300. The molecule has 2 aliphatic carbocycles. The van der Waals surface area contributed by atoms with E-state index in [-0.39, 0.29) is 119 Å². The molecule has 2 fully saturated rings. The number of allylic oxidation sites excluding steroid dienone is 1. The van der Waals surface area contributed by atoms with Crippen molar-refractivity contribution < 1.29 is 85.8 Å². The van der Waals surface area contributed by atoms with Gasteiger partial charge in [0.15, 0.2) is 0 Å². The van der Waals surface area contributed by atoms with E-state index in [4.69, 9.17) is 37.9 Å². The standard InChI is InChI=1S/C69H78N2O18S2/c1-8-56(74)84-39-68(4,5)41-86-60(78)28-26-58(76)82-32-30-44-10-14-46(15-11-44)35-53(72)48-18-22-50(23-19-48)65(80)88-55-34-43(3)62(64-63(55)90-67(91-64)52(37-70)38-71)89-66(81)51-24-20-49(21-25-51)54(73)36-47-16-12-45(13-17-47)31-33-83-59(77)27-29-61(79)87-42-69(6,7)40-85-57(75)9-2/h8-17,34,48-51H,1-2,18-33,35-36,39-42H2,3-7H3. The van der Waals surface area contributed by atoms with Crippen LogP contribution in [-0.4, -0.2) is 99.0 Å². The summed E-state index contributed by atoms with van der Waals surface area (Å²) in [5.41, 5.74) is 2.54. The number of carbonyl (C=O) groups excluding carboxylic acids is 10. The predicted molar refractivity (Wildman–Crippen MR) is 333 cm³/mol. The molecule has 0 radical (unpaired) electrons. The van der Waals surface area contributed by atoms with E-state index < -0.39 is 70.4 Å². The lowest BCUT2D eigenvalue weighted by Crippen LogP contribution is -2.29. The van der Waals surface area contributed by atoms with E-state index in [1.54, 1.807) is 40.7 Å². The van der Waals surface area contributed by atoms with Crippen LogP contribution in [0.3, 0.4) is 0 Å². The van der Waals surface area contributed by atoms with Crippen LogP contribution >= 0.6 is 23.5 Å². The van der Waals surface area contributed by atoms with E-state index in [0.717, 1.165) is 57.9 Å². The number of esters is 8. The van der Waals surface area contributed by atoms with E-state index in [0.29, 0.717) is 83.8 Å². The van der Waals surface area contributed by atoms with Crippen LogP contribution in [0, 0.1) is 64.1 Å². The molecule has 2 saturated carbocycles. The largest absolute Gasteiger partial charge is 0.465 e. The summed E-state index contributed by atoms with van der Waals surface area (Å²) in [4.78, 5) is 127. The quantitative estimate of drug-likeness (QED) is 0.0184. The third-order valence-electron chi connectivity index (χ3n) is 15.6. The first-order valence-corrected chi connectivity index (χ1v) is 31.9. The van der Waals surface area contributed by atoms with Crippen LogP contribution in [0.4, 0.5) is 0 Å². The summed E-state index contributed by atoms with van der Waals surface area (Å²) < 4.78 is 43.7. The molecule has 0 atom stereocenters. The Morgan fingerprint density at radius 1 is 0.505 bits per heavy atom. The van der Waals surface area contributed by atoms with E-state index in [1.807, 2.05) is 60.7 Å². The van der Waals surface area contributed by atoms with Crippen LogP contribution in [0.1, 0.15) is 133 Å². The molecule has 20 nitrogen and oxygen atoms in total. The number of thioether (sulfide) groups is 2. The van der Waals surface area contributed by atoms with Crippen LogP contribution in [0.2, 0.25) is 0 Å². The van der Waals surface area contributed by atoms with E-state index in [2.05, 4.69) is 13.2 Å². The zero-order valence-corrected chi connectivity index (χ0v) is 53.8. The maximum Gasteiger partial charge on any atom is 0.330 e. The Kier molecular flexibility index (Phi) is 27.4. The molecular weight excluding hydrogens is 1210 g/mol. The maximum atomic E-state index is 13.9. The molecule has 1 aliphatic heterocycles. The smallest absolute Gasteiger partial charge is 0.330 e. The molecule has 6 rings (SSSR count). The van der Waals surface area contributed by atoms with E-state index in [9.17, 15) is 58.5 Å². The highest BCUT2D eigenvalue weighted by Gasteiger charge is 2.37. The van der Waals surface area contributed by atoms with Crippen molar-refractivity contribution in [3.63, 3.8) is 0 Å². The van der Waals surface area contributed by atoms with Crippen LogP contribution in [0.15, 0.2) is 99.5 Å². The van der Waals surface area contributed by atoms with Crippen molar-refractivity contribution in [3.05, 3.63) is 118 Å². The van der Waals surface area contributed by atoms with Gasteiger partial charge in [-0.1, -0.05) is 113 Å². The molecule has 3 aliphatic rings. The normalized spacial score (nSPS) is 16.8. The number of nitrogens with zero attached hydrogens (tertiary/aromatic N) is 2. The summed E-state index contributed by atoms with van der Waals surface area (Å²) in [5.74, 6) is -5.28. The third-order valence-corrected chi connectivity index (χ3v) is 18.2. The molecule has 0 saturated heterocycles. The van der Waals surface area contributed by atoms with Crippen LogP contribution in [0.25, 0.3) is 0 Å². The van der Waals surface area contributed by atoms with Gasteiger partial charge < -0.3 is 37.9 Å². The zero-order chi connectivity index (χ0) is 66.3. The molecule has 0 spiro atoms. The van der Waals surface area contributed by atoms with Gasteiger partial charge in [0.1, 0.15) is 40.8 Å². The first-order valence-electron chi connectivity index (χ1n) is 30.3. The molecule has 3 aromatic rings. The number of rotatable bonds is 32. The SMILES string of the molecule is C=CC(=O)OCC(C)(C)COC(=O)CCC(=O)OCCc1ccc(CC(=O)C2CCC(C(=O)Oc3cc(C)c(OC(=O)C4CCC(C(=O)Cc5ccc(CCOC(=O)CCC(=O)OCC(C)(C)COC(=O)C=C)cc5)CC4)c4c3SC(=C(C#N)C#N)S4)CC2)cc1. The van der Waals surface area contributed by atoms with Crippen molar-refractivity contribution in [2.75, 3.05) is 39.6 Å². The number of hydrogen-bond acceptors (Lipinski definition) is 22. The van der Waals surface area contributed by atoms with Crippen LogP contribution < -0.4 is 9.47 Å². The highest BCUT2D eigenvalue weighted by molar-refractivity contribution is 8.24. The monoisotopic (exact) mass is 1290 g/mol. The Hall–Kier alpha value is -8.34. The van der Waals surface area contributed by atoms with Crippen molar-refractivity contribution in [1.82, 2.24) is 0 Å². The summed E-state index contributed by atoms with van der Waals surface area (Å²) in [6, 6.07) is 20.4.